The van der Waals surface area contributed by atoms with Crippen molar-refractivity contribution in [3.05, 3.63) is 90.0 Å². The monoisotopic (exact) mass is 497 g/mol. The van der Waals surface area contributed by atoms with Crippen LogP contribution in [-0.2, 0) is 0 Å². The summed E-state index contributed by atoms with van der Waals surface area (Å²) in [5, 5.41) is 18.7. The van der Waals surface area contributed by atoms with Crippen molar-refractivity contribution < 1.29 is 0 Å². The van der Waals surface area contributed by atoms with Crippen LogP contribution < -0.4 is 20.9 Å². The van der Waals surface area contributed by atoms with E-state index in [1.54, 1.807) is 0 Å². The molecule has 0 atom stereocenters. The molecule has 2 aromatic carbocycles. The normalized spacial score (nSPS) is 13.8. The summed E-state index contributed by atoms with van der Waals surface area (Å²) in [5.74, 6) is 0.950. The third-order valence-electron chi connectivity index (χ3n) is 6.94. The van der Waals surface area contributed by atoms with E-state index in [1.807, 2.05) is 42.6 Å². The van der Waals surface area contributed by atoms with E-state index in [0.717, 1.165) is 67.3 Å². The van der Waals surface area contributed by atoms with Crippen molar-refractivity contribution in [1.82, 2.24) is 9.88 Å². The second-order valence-electron chi connectivity index (χ2n) is 9.39. The number of hydrogen-bond donors (Lipinski definition) is 4. The number of aliphatic imine (C=N–C) groups is 1. The Bertz CT molecular complexity index is 1210. The van der Waals surface area contributed by atoms with Gasteiger partial charge in [0.1, 0.15) is 11.7 Å². The lowest BCUT2D eigenvalue weighted by atomic mass is 10.1. The summed E-state index contributed by atoms with van der Waals surface area (Å²) in [6.07, 6.45) is 3.83. The Hall–Kier alpha value is -3.84. The Morgan fingerprint density at radius 3 is 2.32 bits per heavy atom. The fraction of sp³-hybridized carbons (Fsp3) is 0.333. The Morgan fingerprint density at radius 1 is 1.03 bits per heavy atom. The minimum Gasteiger partial charge on any atom is -0.369 e. The smallest absolute Gasteiger partial charge is 0.146 e. The maximum Gasteiger partial charge on any atom is 0.146 e. The SMILES string of the molecule is C=C(/N=C\c1cc(C(=N)Nc2ccccc2)n(C(CC)CC)c1C)Nc1ccc(N2CCNCC2)cc1. The number of rotatable bonds is 10. The summed E-state index contributed by atoms with van der Waals surface area (Å²) in [5.41, 5.74) is 6.04. The van der Waals surface area contributed by atoms with Crippen LogP contribution in [0, 0.1) is 12.3 Å². The highest BCUT2D eigenvalue weighted by Crippen LogP contribution is 2.26. The van der Waals surface area contributed by atoms with Crippen molar-refractivity contribution in [2.75, 3.05) is 41.7 Å². The number of anilines is 3. The van der Waals surface area contributed by atoms with Gasteiger partial charge >= 0.3 is 0 Å². The van der Waals surface area contributed by atoms with Crippen LogP contribution in [0.5, 0.6) is 0 Å². The first kappa shape index (κ1) is 26.2. The van der Waals surface area contributed by atoms with Crippen molar-refractivity contribution in [3.8, 4) is 0 Å². The number of nitrogens with one attached hydrogen (secondary N) is 4. The number of benzene rings is 2. The molecule has 0 saturated carbocycles. The second-order valence-corrected chi connectivity index (χ2v) is 9.39. The van der Waals surface area contributed by atoms with Crippen molar-refractivity contribution in [1.29, 1.82) is 5.41 Å². The van der Waals surface area contributed by atoms with E-state index in [4.69, 9.17) is 5.41 Å². The molecule has 0 unspecified atom stereocenters. The van der Waals surface area contributed by atoms with Gasteiger partial charge in [-0.25, -0.2) is 4.99 Å². The Balaban J connectivity index is 1.49. The number of hydrogen-bond acceptors (Lipinski definition) is 5. The lowest BCUT2D eigenvalue weighted by molar-refractivity contribution is 0.462. The molecule has 2 heterocycles. The number of nitrogens with zero attached hydrogens (tertiary/aromatic N) is 3. The van der Waals surface area contributed by atoms with Gasteiger partial charge in [-0.3, -0.25) is 5.41 Å². The fourth-order valence-electron chi connectivity index (χ4n) is 4.84. The van der Waals surface area contributed by atoms with E-state index in [0.29, 0.717) is 17.7 Å². The van der Waals surface area contributed by atoms with E-state index in [1.165, 1.54) is 5.69 Å². The Labute approximate surface area is 220 Å². The summed E-state index contributed by atoms with van der Waals surface area (Å²) in [6, 6.07) is 20.6. The first-order chi connectivity index (χ1) is 18.0. The number of amidine groups is 1. The molecule has 1 saturated heterocycles. The van der Waals surface area contributed by atoms with Gasteiger partial charge in [0.05, 0.1) is 5.69 Å². The van der Waals surface area contributed by atoms with Crippen LogP contribution in [0.15, 0.2) is 78.1 Å². The minimum absolute atomic E-state index is 0.311. The Kier molecular flexibility index (Phi) is 8.80. The van der Waals surface area contributed by atoms with Gasteiger partial charge in [-0.2, -0.15) is 0 Å². The molecule has 4 rings (SSSR count). The molecule has 1 fully saturated rings. The van der Waals surface area contributed by atoms with Crippen molar-refractivity contribution in [3.63, 3.8) is 0 Å². The summed E-state index contributed by atoms with van der Waals surface area (Å²) in [7, 11) is 0. The van der Waals surface area contributed by atoms with Crippen molar-refractivity contribution in [2.24, 2.45) is 4.99 Å². The molecule has 1 aliphatic heterocycles. The van der Waals surface area contributed by atoms with Crippen molar-refractivity contribution in [2.45, 2.75) is 39.7 Å². The number of aromatic nitrogens is 1. The molecule has 0 bridgehead atoms. The van der Waals surface area contributed by atoms with Crippen LogP contribution in [-0.4, -0.2) is 42.8 Å². The zero-order valence-corrected chi connectivity index (χ0v) is 22.2. The quantitative estimate of drug-likeness (QED) is 0.204. The van der Waals surface area contributed by atoms with E-state index >= 15 is 0 Å². The van der Waals surface area contributed by atoms with Crippen molar-refractivity contribution >= 4 is 29.1 Å². The maximum absolute atomic E-state index is 8.80. The highest BCUT2D eigenvalue weighted by atomic mass is 15.2. The predicted octanol–water partition coefficient (Wildman–Crippen LogP) is 6.01. The minimum atomic E-state index is 0.311. The summed E-state index contributed by atoms with van der Waals surface area (Å²) < 4.78 is 2.27. The highest BCUT2D eigenvalue weighted by Gasteiger charge is 2.20. The molecule has 0 amide bonds. The standard InChI is InChI=1S/C30H39N7/c1-5-27(6-2)37-22(3)24(20-29(37)30(31)35-25-10-8-7-9-11-25)21-33-23(4)34-26-12-14-28(15-13-26)36-18-16-32-17-19-36/h7-15,20-21,27,32,34H,4-6,16-19H2,1-3H3,(H2,31,35)/b33-21-. The van der Waals surface area contributed by atoms with Crippen LogP contribution in [0.2, 0.25) is 0 Å². The van der Waals surface area contributed by atoms with Crippen LogP contribution in [0.1, 0.15) is 49.7 Å². The third-order valence-corrected chi connectivity index (χ3v) is 6.94. The lowest BCUT2D eigenvalue weighted by Gasteiger charge is -2.29. The molecule has 0 radical (unpaired) electrons. The number of para-hydroxylation sites is 1. The first-order valence-corrected chi connectivity index (χ1v) is 13.2. The van der Waals surface area contributed by atoms with Gasteiger partial charge in [-0.1, -0.05) is 38.6 Å². The van der Waals surface area contributed by atoms with E-state index in [-0.39, 0.29) is 0 Å². The van der Waals surface area contributed by atoms with Gasteiger partial charge in [-0.05, 0) is 62.2 Å². The summed E-state index contributed by atoms with van der Waals surface area (Å²) >= 11 is 0. The van der Waals surface area contributed by atoms with Gasteiger partial charge in [0, 0.05) is 66.8 Å². The topological polar surface area (TPSA) is 80.5 Å². The van der Waals surface area contributed by atoms with Gasteiger partial charge < -0.3 is 25.4 Å². The van der Waals surface area contributed by atoms with E-state index in [9.17, 15) is 0 Å². The maximum atomic E-state index is 8.80. The molecular weight excluding hydrogens is 458 g/mol. The highest BCUT2D eigenvalue weighted by molar-refractivity contribution is 6.06. The summed E-state index contributed by atoms with van der Waals surface area (Å²) in [4.78, 5) is 7.01. The third kappa shape index (κ3) is 6.49. The van der Waals surface area contributed by atoms with Gasteiger partial charge in [0.2, 0.25) is 0 Å². The molecule has 194 valence electrons. The Morgan fingerprint density at radius 2 is 1.68 bits per heavy atom. The van der Waals surface area contributed by atoms with E-state index in [2.05, 4.69) is 82.0 Å². The largest absolute Gasteiger partial charge is 0.369 e. The zero-order chi connectivity index (χ0) is 26.2. The van der Waals surface area contributed by atoms with Crippen LogP contribution >= 0.6 is 0 Å². The second kappa shape index (κ2) is 12.4. The first-order valence-electron chi connectivity index (χ1n) is 13.2. The molecule has 7 heteroatoms. The van der Waals surface area contributed by atoms with Gasteiger partial charge in [0.25, 0.3) is 0 Å². The van der Waals surface area contributed by atoms with Gasteiger partial charge in [0.15, 0.2) is 0 Å². The van der Waals surface area contributed by atoms with Crippen LogP contribution in [0.3, 0.4) is 0 Å². The van der Waals surface area contributed by atoms with Crippen LogP contribution in [0.25, 0.3) is 0 Å². The molecule has 1 aliphatic rings. The molecule has 4 N–H and O–H groups in total. The fourth-order valence-corrected chi connectivity index (χ4v) is 4.84. The molecular formula is C30H39N7. The lowest BCUT2D eigenvalue weighted by Crippen LogP contribution is -2.43. The molecule has 3 aromatic rings. The molecule has 37 heavy (non-hydrogen) atoms. The molecule has 1 aromatic heterocycles. The van der Waals surface area contributed by atoms with Gasteiger partial charge in [-0.15, -0.1) is 0 Å². The average molecular weight is 498 g/mol. The predicted molar refractivity (Wildman–Crippen MR) is 158 cm³/mol. The average Bonchev–Trinajstić information content (AvgIpc) is 3.26. The van der Waals surface area contributed by atoms with E-state index < -0.39 is 0 Å². The molecule has 0 aliphatic carbocycles. The summed E-state index contributed by atoms with van der Waals surface area (Å²) in [6.45, 7) is 14.7. The zero-order valence-electron chi connectivity index (χ0n) is 22.2. The van der Waals surface area contributed by atoms with Crippen LogP contribution in [0.4, 0.5) is 17.1 Å². The molecule has 0 spiro atoms. The molecule has 7 nitrogen and oxygen atoms in total. The number of piperazine rings is 1.